The van der Waals surface area contributed by atoms with Crippen molar-refractivity contribution in [2.45, 2.75) is 33.3 Å². The fourth-order valence-electron chi connectivity index (χ4n) is 2.40. The van der Waals surface area contributed by atoms with E-state index in [1.54, 1.807) is 24.4 Å². The number of carbonyl (C=O) groups is 2. The summed E-state index contributed by atoms with van der Waals surface area (Å²) in [5.74, 6) is -0.839. The Bertz CT molecular complexity index is 931. The predicted molar refractivity (Wildman–Crippen MR) is 90.5 cm³/mol. The van der Waals surface area contributed by atoms with E-state index in [0.717, 1.165) is 17.7 Å². The Hall–Kier alpha value is -3.09. The topological polar surface area (TPSA) is 86.5 Å². The summed E-state index contributed by atoms with van der Waals surface area (Å²) < 4.78 is 6.67. The maximum Gasteiger partial charge on any atom is 0.379 e. The zero-order valence-electron chi connectivity index (χ0n) is 14.3. The highest BCUT2D eigenvalue weighted by Gasteiger charge is 2.23. The van der Waals surface area contributed by atoms with Crippen LogP contribution in [0.25, 0.3) is 5.78 Å². The molecule has 128 valence electrons. The van der Waals surface area contributed by atoms with E-state index in [-0.39, 0.29) is 11.6 Å². The zero-order chi connectivity index (χ0) is 18.0. The third kappa shape index (κ3) is 3.40. The third-order valence-electron chi connectivity index (χ3n) is 3.91. The summed E-state index contributed by atoms with van der Waals surface area (Å²) in [5.41, 5.74) is 2.42. The molecule has 25 heavy (non-hydrogen) atoms. The van der Waals surface area contributed by atoms with Crippen molar-refractivity contribution in [1.82, 2.24) is 19.6 Å². The van der Waals surface area contributed by atoms with E-state index in [1.165, 1.54) is 11.4 Å². The molecule has 0 amide bonds. The second-order valence-corrected chi connectivity index (χ2v) is 5.70. The smallest absolute Gasteiger partial charge is 0.379 e. The monoisotopic (exact) mass is 338 g/mol. The largest absolute Gasteiger partial charge is 0.448 e. The van der Waals surface area contributed by atoms with Crippen LogP contribution in [0.4, 0.5) is 0 Å². The van der Waals surface area contributed by atoms with Gasteiger partial charge < -0.3 is 4.74 Å². The van der Waals surface area contributed by atoms with E-state index >= 15 is 0 Å². The molecular formula is C18H18N4O3. The molecule has 0 N–H and O–H groups in total. The molecule has 7 heteroatoms. The molecule has 0 fully saturated rings. The first kappa shape index (κ1) is 16.8. The first-order valence-electron chi connectivity index (χ1n) is 8.02. The molecule has 1 aromatic carbocycles. The van der Waals surface area contributed by atoms with Crippen molar-refractivity contribution in [2.75, 3.05) is 0 Å². The fraction of sp³-hybridized carbons (Fsp3) is 0.278. The summed E-state index contributed by atoms with van der Waals surface area (Å²) in [4.78, 5) is 32.7. The Labute approximate surface area is 144 Å². The predicted octanol–water partition coefficient (Wildman–Crippen LogP) is 2.42. The summed E-state index contributed by atoms with van der Waals surface area (Å²) in [5, 5.41) is 4.08. The summed E-state index contributed by atoms with van der Waals surface area (Å²) in [6.45, 7) is 5.40. The number of ketones is 1. The molecule has 0 saturated heterocycles. The fourth-order valence-corrected chi connectivity index (χ4v) is 2.40. The van der Waals surface area contributed by atoms with E-state index in [2.05, 4.69) is 15.1 Å². The van der Waals surface area contributed by atoms with Gasteiger partial charge in [-0.25, -0.2) is 14.3 Å². The lowest BCUT2D eigenvalue weighted by atomic mass is 10.0. The second-order valence-electron chi connectivity index (χ2n) is 5.70. The highest BCUT2D eigenvalue weighted by molar-refractivity contribution is 6.01. The molecule has 0 unspecified atom stereocenters. The summed E-state index contributed by atoms with van der Waals surface area (Å²) in [6, 6.07) is 9.01. The number of rotatable bonds is 5. The zero-order valence-corrected chi connectivity index (χ0v) is 14.3. The van der Waals surface area contributed by atoms with Gasteiger partial charge in [0.1, 0.15) is 0 Å². The quantitative estimate of drug-likeness (QED) is 0.524. The number of ether oxygens (including phenoxy) is 1. The Balaban J connectivity index is 1.74. The van der Waals surface area contributed by atoms with Gasteiger partial charge in [0.25, 0.3) is 11.6 Å². The number of hydrogen-bond donors (Lipinski definition) is 0. The van der Waals surface area contributed by atoms with Gasteiger partial charge in [0.15, 0.2) is 6.10 Å². The molecule has 0 aliphatic carbocycles. The molecule has 0 aliphatic rings. The highest BCUT2D eigenvalue weighted by atomic mass is 16.5. The van der Waals surface area contributed by atoms with Crippen LogP contribution in [0.3, 0.4) is 0 Å². The summed E-state index contributed by atoms with van der Waals surface area (Å²) in [6.07, 6.45) is 1.55. The van der Waals surface area contributed by atoms with Crippen LogP contribution in [0.2, 0.25) is 0 Å². The lowest BCUT2D eigenvalue weighted by molar-refractivity contribution is 0.0307. The van der Waals surface area contributed by atoms with Crippen LogP contribution in [-0.4, -0.2) is 37.4 Å². The van der Waals surface area contributed by atoms with Crippen molar-refractivity contribution < 1.29 is 14.3 Å². The van der Waals surface area contributed by atoms with Crippen LogP contribution in [-0.2, 0) is 11.2 Å². The Kier molecular flexibility index (Phi) is 4.56. The average Bonchev–Trinajstić information content (AvgIpc) is 3.07. The van der Waals surface area contributed by atoms with Gasteiger partial charge in [0, 0.05) is 17.5 Å². The molecule has 3 aromatic rings. The minimum atomic E-state index is -0.930. The lowest BCUT2D eigenvalue weighted by Gasteiger charge is -2.11. The molecular weight excluding hydrogens is 320 g/mol. The molecule has 3 rings (SSSR count). The SMILES string of the molecule is CCc1ccc(C(=O)[C@H](C)OC(=O)c2nc3nccc(C)n3n2)cc1. The summed E-state index contributed by atoms with van der Waals surface area (Å²) in [7, 11) is 0. The van der Waals surface area contributed by atoms with Crippen molar-refractivity contribution in [3.63, 3.8) is 0 Å². The van der Waals surface area contributed by atoms with Gasteiger partial charge >= 0.3 is 5.97 Å². The van der Waals surface area contributed by atoms with E-state index in [1.807, 2.05) is 26.0 Å². The minimum absolute atomic E-state index is 0.122. The number of hydrogen-bond acceptors (Lipinski definition) is 6. The molecule has 7 nitrogen and oxygen atoms in total. The van der Waals surface area contributed by atoms with Crippen LogP contribution >= 0.6 is 0 Å². The lowest BCUT2D eigenvalue weighted by Crippen LogP contribution is -2.25. The van der Waals surface area contributed by atoms with Crippen LogP contribution in [0.5, 0.6) is 0 Å². The molecule has 1 atom stereocenters. The van der Waals surface area contributed by atoms with Crippen LogP contribution in [0.1, 0.15) is 46.1 Å². The van der Waals surface area contributed by atoms with Gasteiger partial charge in [-0.05, 0) is 31.9 Å². The number of nitrogens with zero attached hydrogens (tertiary/aromatic N) is 4. The van der Waals surface area contributed by atoms with E-state index in [4.69, 9.17) is 4.74 Å². The molecule has 0 spiro atoms. The third-order valence-corrected chi connectivity index (χ3v) is 3.91. The van der Waals surface area contributed by atoms with Gasteiger partial charge in [-0.15, -0.1) is 5.10 Å². The molecule has 0 bridgehead atoms. The molecule has 0 aliphatic heterocycles. The minimum Gasteiger partial charge on any atom is -0.448 e. The van der Waals surface area contributed by atoms with Crippen LogP contribution in [0.15, 0.2) is 36.5 Å². The number of fused-ring (bicyclic) bond motifs is 1. The molecule has 2 heterocycles. The van der Waals surface area contributed by atoms with Crippen LogP contribution < -0.4 is 0 Å². The van der Waals surface area contributed by atoms with Crippen LogP contribution in [0, 0.1) is 6.92 Å². The van der Waals surface area contributed by atoms with Gasteiger partial charge in [-0.1, -0.05) is 31.2 Å². The van der Waals surface area contributed by atoms with Gasteiger partial charge in [0.05, 0.1) is 0 Å². The number of aromatic nitrogens is 4. The first-order chi connectivity index (χ1) is 12.0. The van der Waals surface area contributed by atoms with Gasteiger partial charge in [-0.3, -0.25) is 4.79 Å². The highest BCUT2D eigenvalue weighted by Crippen LogP contribution is 2.11. The Morgan fingerprint density at radius 2 is 1.92 bits per heavy atom. The average molecular weight is 338 g/mol. The normalized spacial score (nSPS) is 12.1. The number of aryl methyl sites for hydroxylation is 2. The van der Waals surface area contributed by atoms with Crippen molar-refractivity contribution in [1.29, 1.82) is 0 Å². The maximum absolute atomic E-state index is 12.4. The Morgan fingerprint density at radius 1 is 1.20 bits per heavy atom. The number of benzene rings is 1. The maximum atomic E-state index is 12.4. The van der Waals surface area contributed by atoms with Crippen molar-refractivity contribution >= 4 is 17.5 Å². The van der Waals surface area contributed by atoms with E-state index < -0.39 is 12.1 Å². The van der Waals surface area contributed by atoms with E-state index in [0.29, 0.717) is 11.3 Å². The molecule has 0 radical (unpaired) electrons. The summed E-state index contributed by atoms with van der Waals surface area (Å²) >= 11 is 0. The standard InChI is InChI=1S/C18H18N4O3/c1-4-13-5-7-14(8-6-13)15(23)12(3)25-17(24)16-20-18-19-10-9-11(2)22(18)21-16/h5-10,12H,4H2,1-3H3/t12-/m0/s1. The second kappa shape index (κ2) is 6.80. The van der Waals surface area contributed by atoms with Crippen molar-refractivity contribution in [3.05, 3.63) is 59.2 Å². The number of esters is 1. The number of carbonyl (C=O) groups excluding carboxylic acids is 2. The first-order valence-corrected chi connectivity index (χ1v) is 8.02. The van der Waals surface area contributed by atoms with Crippen molar-refractivity contribution in [3.8, 4) is 0 Å². The van der Waals surface area contributed by atoms with Gasteiger partial charge in [-0.2, -0.15) is 4.98 Å². The Morgan fingerprint density at radius 3 is 2.56 bits per heavy atom. The molecule has 2 aromatic heterocycles. The van der Waals surface area contributed by atoms with Crippen molar-refractivity contribution in [2.24, 2.45) is 0 Å². The molecule has 0 saturated carbocycles. The van der Waals surface area contributed by atoms with E-state index in [9.17, 15) is 9.59 Å². The number of Topliss-reactive ketones (excluding diaryl/α,β-unsaturated/α-hetero) is 1. The van der Waals surface area contributed by atoms with Gasteiger partial charge in [0.2, 0.25) is 5.78 Å².